The van der Waals surface area contributed by atoms with Crippen LogP contribution in [0.5, 0.6) is 5.75 Å². The number of hydrogen-bond acceptors (Lipinski definition) is 3. The van der Waals surface area contributed by atoms with Crippen LogP contribution in [-0.4, -0.2) is 13.1 Å². The normalized spacial score (nSPS) is 10.4. The van der Waals surface area contributed by atoms with E-state index < -0.39 is 6.09 Å². The van der Waals surface area contributed by atoms with Gasteiger partial charge in [0.2, 0.25) is 0 Å². The van der Waals surface area contributed by atoms with Crippen LogP contribution in [0.4, 0.5) is 4.79 Å². The van der Waals surface area contributed by atoms with Crippen molar-refractivity contribution >= 4 is 17.1 Å². The summed E-state index contributed by atoms with van der Waals surface area (Å²) in [6.07, 6.45) is -0.501. The van der Waals surface area contributed by atoms with Crippen molar-refractivity contribution in [3.8, 4) is 5.75 Å². The Morgan fingerprint density at radius 3 is 2.81 bits per heavy atom. The maximum atomic E-state index is 11.1. The Bertz CT molecular complexity index is 542. The summed E-state index contributed by atoms with van der Waals surface area (Å²) in [6, 6.07) is 5.49. The zero-order valence-electron chi connectivity index (χ0n) is 9.46. The van der Waals surface area contributed by atoms with E-state index in [-0.39, 0.29) is 0 Å². The van der Waals surface area contributed by atoms with E-state index in [1.165, 1.54) is 7.05 Å². The molecule has 4 nitrogen and oxygen atoms in total. The van der Waals surface area contributed by atoms with E-state index in [1.807, 2.05) is 26.0 Å². The Hall–Kier alpha value is -1.97. The first kappa shape index (κ1) is 10.5. The molecule has 2 aromatic rings. The highest BCUT2D eigenvalue weighted by Gasteiger charge is 2.13. The van der Waals surface area contributed by atoms with Crippen molar-refractivity contribution in [2.45, 2.75) is 13.8 Å². The molecule has 0 saturated heterocycles. The van der Waals surface area contributed by atoms with Crippen LogP contribution < -0.4 is 10.1 Å². The second-order valence-electron chi connectivity index (χ2n) is 3.56. The van der Waals surface area contributed by atoms with Crippen molar-refractivity contribution in [3.63, 3.8) is 0 Å². The number of carbonyl (C=O) groups excluding carboxylic acids is 1. The molecule has 0 aliphatic heterocycles. The molecule has 0 fully saturated rings. The molecule has 1 aromatic heterocycles. The first-order valence-corrected chi connectivity index (χ1v) is 5.01. The van der Waals surface area contributed by atoms with Crippen molar-refractivity contribution in [2.24, 2.45) is 0 Å². The molecule has 1 aromatic carbocycles. The highest BCUT2D eigenvalue weighted by molar-refractivity contribution is 5.88. The fourth-order valence-electron chi connectivity index (χ4n) is 1.57. The van der Waals surface area contributed by atoms with Crippen LogP contribution in [0.25, 0.3) is 11.0 Å². The van der Waals surface area contributed by atoms with Gasteiger partial charge in [0.05, 0.1) is 0 Å². The number of benzene rings is 1. The molecule has 1 heterocycles. The smallest absolute Gasteiger partial charge is 0.412 e. The van der Waals surface area contributed by atoms with E-state index in [0.29, 0.717) is 11.3 Å². The number of carbonyl (C=O) groups is 1. The minimum Gasteiger partial charge on any atom is -0.457 e. The number of nitrogens with one attached hydrogen (secondary N) is 1. The molecular formula is C12H13NO3. The van der Waals surface area contributed by atoms with Crippen LogP contribution in [0.3, 0.4) is 0 Å². The lowest BCUT2D eigenvalue weighted by Gasteiger charge is -2.03. The number of hydrogen-bond donors (Lipinski definition) is 1. The van der Waals surface area contributed by atoms with Gasteiger partial charge < -0.3 is 14.5 Å². The number of ether oxygens (including phenoxy) is 1. The predicted molar refractivity (Wildman–Crippen MR) is 60.8 cm³/mol. The van der Waals surface area contributed by atoms with Crippen LogP contribution in [0.15, 0.2) is 22.6 Å². The van der Waals surface area contributed by atoms with Gasteiger partial charge in [0.1, 0.15) is 5.76 Å². The van der Waals surface area contributed by atoms with E-state index in [2.05, 4.69) is 5.32 Å². The van der Waals surface area contributed by atoms with E-state index in [0.717, 1.165) is 16.7 Å². The minimum absolute atomic E-state index is 0.438. The summed E-state index contributed by atoms with van der Waals surface area (Å²) in [5.74, 6) is 1.27. The third-order valence-corrected chi connectivity index (χ3v) is 2.57. The molecule has 0 saturated carbocycles. The second-order valence-corrected chi connectivity index (χ2v) is 3.56. The number of furan rings is 1. The second kappa shape index (κ2) is 3.89. The zero-order valence-corrected chi connectivity index (χ0v) is 9.46. The summed E-state index contributed by atoms with van der Waals surface area (Å²) in [6.45, 7) is 3.86. The Labute approximate surface area is 93.2 Å². The molecule has 1 amide bonds. The van der Waals surface area contributed by atoms with Gasteiger partial charge in [-0.2, -0.15) is 0 Å². The molecule has 4 heteroatoms. The molecule has 0 unspecified atom stereocenters. The quantitative estimate of drug-likeness (QED) is 0.802. The first-order chi connectivity index (χ1) is 7.63. The van der Waals surface area contributed by atoms with E-state index in [1.54, 1.807) is 6.07 Å². The van der Waals surface area contributed by atoms with Crippen molar-refractivity contribution < 1.29 is 13.9 Å². The molecule has 0 spiro atoms. The van der Waals surface area contributed by atoms with E-state index in [9.17, 15) is 4.79 Å². The Morgan fingerprint density at radius 1 is 1.38 bits per heavy atom. The van der Waals surface area contributed by atoms with Gasteiger partial charge in [-0.15, -0.1) is 0 Å². The average Bonchev–Trinajstić information content (AvgIpc) is 2.57. The van der Waals surface area contributed by atoms with Gasteiger partial charge in [-0.3, -0.25) is 0 Å². The molecule has 16 heavy (non-hydrogen) atoms. The third-order valence-electron chi connectivity index (χ3n) is 2.57. The maximum Gasteiger partial charge on any atom is 0.412 e. The van der Waals surface area contributed by atoms with E-state index in [4.69, 9.17) is 9.15 Å². The van der Waals surface area contributed by atoms with Crippen LogP contribution in [0.1, 0.15) is 11.3 Å². The minimum atomic E-state index is -0.501. The lowest BCUT2D eigenvalue weighted by atomic mass is 10.1. The summed E-state index contributed by atoms with van der Waals surface area (Å²) in [5, 5.41) is 3.37. The van der Waals surface area contributed by atoms with Gasteiger partial charge in [-0.1, -0.05) is 12.1 Å². The van der Waals surface area contributed by atoms with Crippen LogP contribution in [-0.2, 0) is 0 Å². The summed E-state index contributed by atoms with van der Waals surface area (Å²) in [4.78, 5) is 11.1. The molecule has 0 atom stereocenters. The molecule has 1 N–H and O–H groups in total. The SMILES string of the molecule is CNC(=O)Oc1cccc2c(C)c(C)oc12. The van der Waals surface area contributed by atoms with Gasteiger partial charge in [-0.05, 0) is 25.5 Å². The lowest BCUT2D eigenvalue weighted by Crippen LogP contribution is -2.22. The van der Waals surface area contributed by atoms with Crippen LogP contribution >= 0.6 is 0 Å². The van der Waals surface area contributed by atoms with Gasteiger partial charge >= 0.3 is 6.09 Å². The van der Waals surface area contributed by atoms with E-state index >= 15 is 0 Å². The Balaban J connectivity index is 2.54. The molecule has 0 aliphatic carbocycles. The lowest BCUT2D eigenvalue weighted by molar-refractivity contribution is 0.203. The number of rotatable bonds is 1. The highest BCUT2D eigenvalue weighted by atomic mass is 16.6. The fourth-order valence-corrected chi connectivity index (χ4v) is 1.57. The van der Waals surface area contributed by atoms with Crippen molar-refractivity contribution in [1.29, 1.82) is 0 Å². The van der Waals surface area contributed by atoms with Crippen molar-refractivity contribution in [1.82, 2.24) is 5.32 Å². The number of fused-ring (bicyclic) bond motifs is 1. The van der Waals surface area contributed by atoms with Crippen LogP contribution in [0.2, 0.25) is 0 Å². The van der Waals surface area contributed by atoms with Gasteiger partial charge in [0.15, 0.2) is 11.3 Å². The molecule has 0 radical (unpaired) electrons. The third kappa shape index (κ3) is 1.62. The maximum absolute atomic E-state index is 11.1. The fraction of sp³-hybridized carbons (Fsp3) is 0.250. The number of amides is 1. The molecule has 0 bridgehead atoms. The average molecular weight is 219 g/mol. The van der Waals surface area contributed by atoms with Crippen LogP contribution in [0, 0.1) is 13.8 Å². The highest BCUT2D eigenvalue weighted by Crippen LogP contribution is 2.31. The Kier molecular flexibility index (Phi) is 2.56. The molecule has 2 rings (SSSR count). The summed E-state index contributed by atoms with van der Waals surface area (Å²) < 4.78 is 10.7. The van der Waals surface area contributed by atoms with Gasteiger partial charge in [0.25, 0.3) is 0 Å². The summed E-state index contributed by atoms with van der Waals surface area (Å²) >= 11 is 0. The first-order valence-electron chi connectivity index (χ1n) is 5.01. The van der Waals surface area contributed by atoms with Gasteiger partial charge in [0, 0.05) is 12.4 Å². The summed E-state index contributed by atoms with van der Waals surface area (Å²) in [5.41, 5.74) is 1.68. The predicted octanol–water partition coefficient (Wildman–Crippen LogP) is 2.77. The monoisotopic (exact) mass is 219 g/mol. The van der Waals surface area contributed by atoms with Crippen molar-refractivity contribution in [2.75, 3.05) is 7.05 Å². The topological polar surface area (TPSA) is 51.5 Å². The number of aryl methyl sites for hydroxylation is 2. The molecule has 0 aliphatic rings. The number of para-hydroxylation sites is 1. The van der Waals surface area contributed by atoms with Gasteiger partial charge in [-0.25, -0.2) is 4.79 Å². The molecular weight excluding hydrogens is 206 g/mol. The summed E-state index contributed by atoms with van der Waals surface area (Å²) in [7, 11) is 1.51. The Morgan fingerprint density at radius 2 is 2.12 bits per heavy atom. The zero-order chi connectivity index (χ0) is 11.7. The molecule has 84 valence electrons. The standard InChI is InChI=1S/C12H13NO3/c1-7-8(2)15-11-9(7)5-4-6-10(11)16-12(14)13-3/h4-6H,1-3H3,(H,13,14). The van der Waals surface area contributed by atoms with Crippen molar-refractivity contribution in [3.05, 3.63) is 29.5 Å². The largest absolute Gasteiger partial charge is 0.457 e.